The molecule has 1 saturated heterocycles. The van der Waals surface area contributed by atoms with E-state index >= 15 is 0 Å². The monoisotopic (exact) mass is 610 g/mol. The third-order valence-corrected chi connectivity index (χ3v) is 7.23. The van der Waals surface area contributed by atoms with Crippen LogP contribution in [-0.2, 0) is 10.9 Å². The maximum atomic E-state index is 14.2. The lowest BCUT2D eigenvalue weighted by molar-refractivity contribution is -0.137. The first kappa shape index (κ1) is 28.6. The van der Waals surface area contributed by atoms with Crippen LogP contribution in [0.2, 0.25) is 5.15 Å². The summed E-state index contributed by atoms with van der Waals surface area (Å²) in [5.41, 5.74) is 2.67. The third kappa shape index (κ3) is 5.75. The second-order valence-corrected chi connectivity index (χ2v) is 10.3. The standard InChI is InChI=1S/C30H23ClF4N6O2/c1-17-13-18(5-6-22(17)32)26-27(41-28(38-26)23(16-24(31)39-41)40-9-11-43-12-10-40)19-7-8-36-25(15-19)37-29(42)20-3-2-4-21(14-20)30(33,34)35/h2-8,13-16H,9-12H2,1H3,(H,36,37,42). The summed E-state index contributed by atoms with van der Waals surface area (Å²) in [6, 6.07) is 13.7. The molecule has 1 amide bonds. The molecule has 6 rings (SSSR count). The van der Waals surface area contributed by atoms with E-state index in [-0.39, 0.29) is 22.4 Å². The van der Waals surface area contributed by atoms with Crippen molar-refractivity contribution in [3.05, 3.63) is 94.5 Å². The number of fused-ring (bicyclic) bond motifs is 1. The van der Waals surface area contributed by atoms with Gasteiger partial charge < -0.3 is 15.0 Å². The minimum atomic E-state index is -4.60. The fraction of sp³-hybridized carbons (Fsp3) is 0.200. The average molecular weight is 611 g/mol. The molecule has 0 unspecified atom stereocenters. The number of hydrogen-bond acceptors (Lipinski definition) is 6. The van der Waals surface area contributed by atoms with E-state index in [4.69, 9.17) is 21.3 Å². The molecule has 1 aliphatic rings. The van der Waals surface area contributed by atoms with E-state index in [1.807, 2.05) is 0 Å². The molecule has 43 heavy (non-hydrogen) atoms. The summed E-state index contributed by atoms with van der Waals surface area (Å²) >= 11 is 6.50. The number of carbonyl (C=O) groups is 1. The maximum Gasteiger partial charge on any atom is 0.416 e. The van der Waals surface area contributed by atoms with Crippen LogP contribution in [0.4, 0.5) is 29.1 Å². The van der Waals surface area contributed by atoms with Crippen molar-refractivity contribution < 1.29 is 27.1 Å². The number of imidazole rings is 1. The van der Waals surface area contributed by atoms with Gasteiger partial charge in [-0.05, 0) is 61.0 Å². The van der Waals surface area contributed by atoms with Crippen LogP contribution in [0.25, 0.3) is 28.2 Å². The van der Waals surface area contributed by atoms with Crippen LogP contribution in [0.1, 0.15) is 21.5 Å². The number of rotatable bonds is 5. The lowest BCUT2D eigenvalue weighted by Gasteiger charge is -2.28. The number of morpholine rings is 1. The van der Waals surface area contributed by atoms with Gasteiger partial charge in [0.2, 0.25) is 0 Å². The highest BCUT2D eigenvalue weighted by Gasteiger charge is 2.31. The maximum absolute atomic E-state index is 14.2. The molecule has 0 aliphatic carbocycles. The highest BCUT2D eigenvalue weighted by molar-refractivity contribution is 6.29. The summed E-state index contributed by atoms with van der Waals surface area (Å²) in [5.74, 6) is -1.04. The van der Waals surface area contributed by atoms with Crippen molar-refractivity contribution in [2.75, 3.05) is 36.5 Å². The highest BCUT2D eigenvalue weighted by Crippen LogP contribution is 2.37. The summed E-state index contributed by atoms with van der Waals surface area (Å²) in [5, 5.41) is 7.32. The van der Waals surface area contributed by atoms with Crippen molar-refractivity contribution in [1.82, 2.24) is 19.6 Å². The summed E-state index contributed by atoms with van der Waals surface area (Å²) in [6.07, 6.45) is -3.15. The Kier molecular flexibility index (Phi) is 7.49. The number of halogens is 5. The lowest BCUT2D eigenvalue weighted by atomic mass is 10.0. The number of amides is 1. The molecule has 13 heteroatoms. The Morgan fingerprint density at radius 3 is 2.56 bits per heavy atom. The predicted octanol–water partition coefficient (Wildman–Crippen LogP) is 6.67. The molecule has 220 valence electrons. The Morgan fingerprint density at radius 2 is 1.81 bits per heavy atom. The molecular formula is C30H23ClF4N6O2. The fourth-order valence-electron chi connectivity index (χ4n) is 4.94. The number of carbonyl (C=O) groups excluding carboxylic acids is 1. The molecular weight excluding hydrogens is 588 g/mol. The minimum absolute atomic E-state index is 0.0894. The van der Waals surface area contributed by atoms with Gasteiger partial charge in [-0.15, -0.1) is 0 Å². The molecule has 4 heterocycles. The van der Waals surface area contributed by atoms with Crippen molar-refractivity contribution >= 4 is 34.7 Å². The largest absolute Gasteiger partial charge is 0.416 e. The van der Waals surface area contributed by atoms with Gasteiger partial charge in [0.1, 0.15) is 17.3 Å². The van der Waals surface area contributed by atoms with Crippen LogP contribution in [0.15, 0.2) is 66.9 Å². The first-order valence-electron chi connectivity index (χ1n) is 13.2. The van der Waals surface area contributed by atoms with Crippen LogP contribution in [0.3, 0.4) is 0 Å². The van der Waals surface area contributed by atoms with E-state index in [0.717, 1.165) is 17.8 Å². The average Bonchev–Trinajstić information content (AvgIpc) is 3.37. The number of hydrogen-bond donors (Lipinski definition) is 1. The quantitative estimate of drug-likeness (QED) is 0.224. The van der Waals surface area contributed by atoms with Gasteiger partial charge in [-0.1, -0.05) is 17.7 Å². The van der Waals surface area contributed by atoms with Gasteiger partial charge in [0.05, 0.1) is 30.2 Å². The van der Waals surface area contributed by atoms with Crippen LogP contribution < -0.4 is 10.2 Å². The van der Waals surface area contributed by atoms with Crippen molar-refractivity contribution in [1.29, 1.82) is 0 Å². The Morgan fingerprint density at radius 1 is 1.02 bits per heavy atom. The van der Waals surface area contributed by atoms with E-state index in [1.165, 1.54) is 24.4 Å². The number of nitrogens with one attached hydrogen (secondary N) is 1. The molecule has 3 aromatic heterocycles. The lowest BCUT2D eigenvalue weighted by Crippen LogP contribution is -2.36. The zero-order chi connectivity index (χ0) is 30.3. The Hall–Kier alpha value is -4.55. The Bertz CT molecular complexity index is 1850. The van der Waals surface area contributed by atoms with Gasteiger partial charge in [-0.3, -0.25) is 4.79 Å². The summed E-state index contributed by atoms with van der Waals surface area (Å²) < 4.78 is 60.9. The number of pyridine rings is 1. The molecule has 0 spiro atoms. The SMILES string of the molecule is Cc1cc(-c2nc3c(N4CCOCC4)cc(Cl)nn3c2-c2ccnc(NC(=O)c3cccc(C(F)(F)F)c3)c2)ccc1F. The Labute approximate surface area is 247 Å². The predicted molar refractivity (Wildman–Crippen MR) is 154 cm³/mol. The van der Waals surface area contributed by atoms with Crippen molar-refractivity contribution in [2.24, 2.45) is 0 Å². The molecule has 0 bridgehead atoms. The minimum Gasteiger partial charge on any atom is -0.378 e. The number of aryl methyl sites for hydroxylation is 1. The van der Waals surface area contributed by atoms with E-state index in [0.29, 0.717) is 60.0 Å². The van der Waals surface area contributed by atoms with Gasteiger partial charge in [-0.2, -0.15) is 18.3 Å². The molecule has 2 aromatic carbocycles. The van der Waals surface area contributed by atoms with Crippen LogP contribution in [0, 0.1) is 12.7 Å². The number of anilines is 2. The van der Waals surface area contributed by atoms with Gasteiger partial charge in [0, 0.05) is 42.0 Å². The number of ether oxygens (including phenoxy) is 1. The van der Waals surface area contributed by atoms with Gasteiger partial charge in [0.15, 0.2) is 10.8 Å². The normalized spacial score (nSPS) is 13.9. The molecule has 0 atom stereocenters. The molecule has 5 aromatic rings. The van der Waals surface area contributed by atoms with Gasteiger partial charge in [-0.25, -0.2) is 18.9 Å². The van der Waals surface area contributed by atoms with E-state index < -0.39 is 17.6 Å². The van der Waals surface area contributed by atoms with Crippen molar-refractivity contribution in [2.45, 2.75) is 13.1 Å². The summed E-state index contributed by atoms with van der Waals surface area (Å²) in [6.45, 7) is 3.94. The number of alkyl halides is 3. The molecule has 1 N–H and O–H groups in total. The van der Waals surface area contributed by atoms with E-state index in [9.17, 15) is 22.4 Å². The molecule has 0 radical (unpaired) electrons. The number of nitrogens with zero attached hydrogens (tertiary/aromatic N) is 5. The van der Waals surface area contributed by atoms with E-state index in [2.05, 4.69) is 20.3 Å². The first-order valence-corrected chi connectivity index (χ1v) is 13.6. The first-order chi connectivity index (χ1) is 20.6. The van der Waals surface area contributed by atoms with Crippen molar-refractivity contribution in [3.63, 3.8) is 0 Å². The molecule has 1 aliphatic heterocycles. The van der Waals surface area contributed by atoms with Gasteiger partial charge in [0.25, 0.3) is 5.91 Å². The summed E-state index contributed by atoms with van der Waals surface area (Å²) in [7, 11) is 0. The number of aromatic nitrogens is 4. The second kappa shape index (κ2) is 11.3. The zero-order valence-corrected chi connectivity index (χ0v) is 23.4. The zero-order valence-electron chi connectivity index (χ0n) is 22.6. The van der Waals surface area contributed by atoms with Crippen LogP contribution >= 0.6 is 11.6 Å². The van der Waals surface area contributed by atoms with E-state index in [1.54, 1.807) is 41.8 Å². The Balaban J connectivity index is 1.47. The molecule has 0 saturated carbocycles. The van der Waals surface area contributed by atoms with Crippen LogP contribution in [0.5, 0.6) is 0 Å². The highest BCUT2D eigenvalue weighted by atomic mass is 35.5. The van der Waals surface area contributed by atoms with Crippen LogP contribution in [-0.4, -0.2) is 51.8 Å². The second-order valence-electron chi connectivity index (χ2n) is 9.92. The van der Waals surface area contributed by atoms with Crippen molar-refractivity contribution in [3.8, 4) is 22.5 Å². The third-order valence-electron chi connectivity index (χ3n) is 7.05. The fourth-order valence-corrected chi connectivity index (χ4v) is 5.12. The molecule has 8 nitrogen and oxygen atoms in total. The number of benzene rings is 2. The topological polar surface area (TPSA) is 84.7 Å². The summed E-state index contributed by atoms with van der Waals surface area (Å²) in [4.78, 5) is 24.1. The van der Waals surface area contributed by atoms with Gasteiger partial charge >= 0.3 is 6.18 Å². The molecule has 1 fully saturated rings. The smallest absolute Gasteiger partial charge is 0.378 e.